The zero-order valence-corrected chi connectivity index (χ0v) is 10.9. The molecule has 19 heavy (non-hydrogen) atoms. The minimum absolute atomic E-state index is 0.147. The summed E-state index contributed by atoms with van der Waals surface area (Å²) in [6, 6.07) is 9.45. The lowest BCUT2D eigenvalue weighted by Gasteiger charge is -2.21. The SMILES string of the molecule is COc1cccc(NC(=O)N(CCC#N)C2CC2)c1. The van der Waals surface area contributed by atoms with Crippen LogP contribution in [0.4, 0.5) is 10.5 Å². The van der Waals surface area contributed by atoms with E-state index in [0.717, 1.165) is 12.8 Å². The smallest absolute Gasteiger partial charge is 0.322 e. The summed E-state index contributed by atoms with van der Waals surface area (Å²) in [4.78, 5) is 13.9. The number of carbonyl (C=O) groups excluding carboxylic acids is 1. The Hall–Kier alpha value is -2.22. The number of amides is 2. The monoisotopic (exact) mass is 259 g/mol. The van der Waals surface area contributed by atoms with Crippen molar-refractivity contribution in [2.45, 2.75) is 25.3 Å². The number of nitriles is 1. The van der Waals surface area contributed by atoms with E-state index in [4.69, 9.17) is 10.00 Å². The van der Waals surface area contributed by atoms with Crippen LogP contribution in [0.1, 0.15) is 19.3 Å². The van der Waals surface area contributed by atoms with Crippen molar-refractivity contribution < 1.29 is 9.53 Å². The van der Waals surface area contributed by atoms with Gasteiger partial charge in [-0.25, -0.2) is 4.79 Å². The number of urea groups is 1. The van der Waals surface area contributed by atoms with Gasteiger partial charge in [0.25, 0.3) is 0 Å². The van der Waals surface area contributed by atoms with Crippen LogP contribution in [0, 0.1) is 11.3 Å². The van der Waals surface area contributed by atoms with Crippen molar-refractivity contribution >= 4 is 11.7 Å². The first-order chi connectivity index (χ1) is 9.24. The van der Waals surface area contributed by atoms with Crippen LogP contribution in [0.3, 0.4) is 0 Å². The third kappa shape index (κ3) is 3.62. The minimum Gasteiger partial charge on any atom is -0.497 e. The van der Waals surface area contributed by atoms with E-state index < -0.39 is 0 Å². The molecule has 5 heteroatoms. The van der Waals surface area contributed by atoms with E-state index in [2.05, 4.69) is 11.4 Å². The number of rotatable bonds is 5. The Kier molecular flexibility index (Phi) is 4.24. The average Bonchev–Trinajstić information content (AvgIpc) is 3.24. The molecule has 0 bridgehead atoms. The molecule has 0 unspecified atom stereocenters. The maximum Gasteiger partial charge on any atom is 0.322 e. The quantitative estimate of drug-likeness (QED) is 0.883. The Balaban J connectivity index is 1.99. The van der Waals surface area contributed by atoms with Crippen molar-refractivity contribution in [3.05, 3.63) is 24.3 Å². The predicted molar refractivity (Wildman–Crippen MR) is 72.0 cm³/mol. The van der Waals surface area contributed by atoms with Crippen molar-refractivity contribution in [2.24, 2.45) is 0 Å². The number of hydrogen-bond acceptors (Lipinski definition) is 3. The Labute approximate surface area is 112 Å². The fourth-order valence-electron chi connectivity index (χ4n) is 1.90. The third-order valence-corrected chi connectivity index (χ3v) is 3.03. The molecule has 5 nitrogen and oxygen atoms in total. The number of ether oxygens (including phenoxy) is 1. The molecule has 1 aromatic carbocycles. The standard InChI is InChI=1S/C14H17N3O2/c1-19-13-5-2-4-11(10-13)16-14(18)17(9-3-8-15)12-6-7-12/h2,4-5,10,12H,3,6-7,9H2,1H3,(H,16,18). The Morgan fingerprint density at radius 1 is 1.58 bits per heavy atom. The first-order valence-electron chi connectivity index (χ1n) is 6.33. The second-order valence-corrected chi connectivity index (χ2v) is 4.49. The lowest BCUT2D eigenvalue weighted by Crippen LogP contribution is -2.37. The van der Waals surface area contributed by atoms with Crippen molar-refractivity contribution in [1.82, 2.24) is 4.90 Å². The molecule has 100 valence electrons. The lowest BCUT2D eigenvalue weighted by atomic mass is 10.3. The topological polar surface area (TPSA) is 65.4 Å². The Bertz CT molecular complexity index is 492. The second-order valence-electron chi connectivity index (χ2n) is 4.49. The summed E-state index contributed by atoms with van der Waals surface area (Å²) in [5.41, 5.74) is 0.701. The molecule has 2 rings (SSSR count). The van der Waals surface area contributed by atoms with Gasteiger partial charge in [-0.05, 0) is 25.0 Å². The summed E-state index contributed by atoms with van der Waals surface area (Å²) < 4.78 is 5.11. The Morgan fingerprint density at radius 3 is 3.00 bits per heavy atom. The average molecular weight is 259 g/mol. The maximum atomic E-state index is 12.2. The first-order valence-corrected chi connectivity index (χ1v) is 6.33. The van der Waals surface area contributed by atoms with E-state index in [1.54, 1.807) is 18.1 Å². The van der Waals surface area contributed by atoms with Gasteiger partial charge in [0.15, 0.2) is 0 Å². The lowest BCUT2D eigenvalue weighted by molar-refractivity contribution is 0.210. The molecule has 2 amide bonds. The summed E-state index contributed by atoms with van der Waals surface area (Å²) in [7, 11) is 1.59. The third-order valence-electron chi connectivity index (χ3n) is 3.03. The number of benzene rings is 1. The van der Waals surface area contributed by atoms with Gasteiger partial charge in [0.05, 0.1) is 19.6 Å². The molecule has 0 radical (unpaired) electrons. The number of nitrogens with zero attached hydrogens (tertiary/aromatic N) is 2. The molecule has 0 spiro atoms. The highest BCUT2D eigenvalue weighted by Gasteiger charge is 2.32. The Morgan fingerprint density at radius 2 is 2.37 bits per heavy atom. The van der Waals surface area contributed by atoms with Crippen LogP contribution in [-0.2, 0) is 0 Å². The van der Waals surface area contributed by atoms with Gasteiger partial charge in [-0.15, -0.1) is 0 Å². The maximum absolute atomic E-state index is 12.2. The van der Waals surface area contributed by atoms with Gasteiger partial charge in [0.2, 0.25) is 0 Å². The van der Waals surface area contributed by atoms with Gasteiger partial charge < -0.3 is 15.0 Å². The number of methoxy groups -OCH3 is 1. The van der Waals surface area contributed by atoms with Gasteiger partial charge >= 0.3 is 6.03 Å². The van der Waals surface area contributed by atoms with Crippen molar-refractivity contribution in [3.8, 4) is 11.8 Å². The summed E-state index contributed by atoms with van der Waals surface area (Å²) in [6.45, 7) is 0.483. The van der Waals surface area contributed by atoms with Crippen LogP contribution < -0.4 is 10.1 Å². The molecule has 1 N–H and O–H groups in total. The minimum atomic E-state index is -0.147. The molecule has 0 saturated heterocycles. The highest BCUT2D eigenvalue weighted by molar-refractivity contribution is 5.90. The highest BCUT2D eigenvalue weighted by Crippen LogP contribution is 2.28. The zero-order chi connectivity index (χ0) is 13.7. The van der Waals surface area contributed by atoms with Crippen LogP contribution >= 0.6 is 0 Å². The first kappa shape index (κ1) is 13.2. The van der Waals surface area contributed by atoms with E-state index in [1.807, 2.05) is 18.2 Å². The van der Waals surface area contributed by atoms with E-state index in [0.29, 0.717) is 30.4 Å². The van der Waals surface area contributed by atoms with Gasteiger partial charge in [-0.2, -0.15) is 5.26 Å². The number of nitrogens with one attached hydrogen (secondary N) is 1. The van der Waals surface area contributed by atoms with Crippen molar-refractivity contribution in [3.63, 3.8) is 0 Å². The molecule has 1 fully saturated rings. The summed E-state index contributed by atoms with van der Waals surface area (Å²) in [5.74, 6) is 0.702. The fraction of sp³-hybridized carbons (Fsp3) is 0.429. The second kappa shape index (κ2) is 6.10. The van der Waals surface area contributed by atoms with Crippen LogP contribution in [-0.4, -0.2) is 30.6 Å². The molecule has 1 saturated carbocycles. The van der Waals surface area contributed by atoms with E-state index in [1.165, 1.54) is 0 Å². The van der Waals surface area contributed by atoms with Gasteiger partial charge in [-0.1, -0.05) is 6.07 Å². The molecule has 1 aliphatic rings. The molecule has 0 aliphatic heterocycles. The number of anilines is 1. The number of hydrogen-bond donors (Lipinski definition) is 1. The summed E-state index contributed by atoms with van der Waals surface area (Å²) >= 11 is 0. The largest absolute Gasteiger partial charge is 0.497 e. The number of carbonyl (C=O) groups is 1. The van der Waals surface area contributed by atoms with Gasteiger partial charge in [-0.3, -0.25) is 0 Å². The zero-order valence-electron chi connectivity index (χ0n) is 10.9. The van der Waals surface area contributed by atoms with E-state index in [9.17, 15) is 4.79 Å². The summed E-state index contributed by atoms with van der Waals surface area (Å²) in [6.07, 6.45) is 2.41. The van der Waals surface area contributed by atoms with Crippen molar-refractivity contribution in [2.75, 3.05) is 19.0 Å². The van der Waals surface area contributed by atoms with Gasteiger partial charge in [0.1, 0.15) is 5.75 Å². The molecule has 1 aliphatic carbocycles. The van der Waals surface area contributed by atoms with Crippen LogP contribution in [0.25, 0.3) is 0 Å². The van der Waals surface area contributed by atoms with Crippen LogP contribution in [0.15, 0.2) is 24.3 Å². The highest BCUT2D eigenvalue weighted by atomic mass is 16.5. The molecular weight excluding hydrogens is 242 g/mol. The normalized spacial score (nSPS) is 13.5. The van der Waals surface area contributed by atoms with Gasteiger partial charge in [0, 0.05) is 24.3 Å². The summed E-state index contributed by atoms with van der Waals surface area (Å²) in [5, 5.41) is 11.5. The van der Waals surface area contributed by atoms with Crippen LogP contribution in [0.5, 0.6) is 5.75 Å². The van der Waals surface area contributed by atoms with E-state index in [-0.39, 0.29) is 6.03 Å². The van der Waals surface area contributed by atoms with Crippen molar-refractivity contribution in [1.29, 1.82) is 5.26 Å². The fourth-order valence-corrected chi connectivity index (χ4v) is 1.90. The molecular formula is C14H17N3O2. The molecule has 0 heterocycles. The van der Waals surface area contributed by atoms with E-state index >= 15 is 0 Å². The van der Waals surface area contributed by atoms with Crippen LogP contribution in [0.2, 0.25) is 0 Å². The molecule has 0 atom stereocenters. The molecule has 0 aromatic heterocycles. The predicted octanol–water partition coefficient (Wildman–Crippen LogP) is 2.61. The molecule has 1 aromatic rings.